The Hall–Kier alpha value is -1.17. The van der Waals surface area contributed by atoms with Crippen molar-refractivity contribution in [3.63, 3.8) is 0 Å². The van der Waals surface area contributed by atoms with Crippen LogP contribution in [0.4, 0.5) is 5.69 Å². The molecule has 0 saturated heterocycles. The highest BCUT2D eigenvalue weighted by Gasteiger charge is 2.18. The highest BCUT2D eigenvalue weighted by molar-refractivity contribution is 6.30. The average Bonchev–Trinajstić information content (AvgIpc) is 2.28. The number of nitro benzene ring substituents is 1. The molecule has 0 unspecified atom stereocenters. The van der Waals surface area contributed by atoms with E-state index in [1.54, 1.807) is 6.07 Å². The van der Waals surface area contributed by atoms with Crippen LogP contribution >= 0.6 is 11.6 Å². The maximum atomic E-state index is 10.9. The van der Waals surface area contributed by atoms with Crippen molar-refractivity contribution in [2.45, 2.75) is 26.4 Å². The lowest BCUT2D eigenvalue weighted by Crippen LogP contribution is -2.33. The molecule has 0 radical (unpaired) electrons. The number of nitrogens with zero attached hydrogens (tertiary/aromatic N) is 2. The molecule has 0 heterocycles. The van der Waals surface area contributed by atoms with E-state index in [2.05, 4.69) is 0 Å². The number of nitro groups is 1. The van der Waals surface area contributed by atoms with Gasteiger partial charge in [-0.1, -0.05) is 11.6 Å². The summed E-state index contributed by atoms with van der Waals surface area (Å²) in [5.74, 6) is 0. The molecule has 0 aliphatic carbocycles. The fourth-order valence-corrected chi connectivity index (χ4v) is 1.92. The van der Waals surface area contributed by atoms with E-state index in [0.717, 1.165) is 0 Å². The maximum Gasteiger partial charge on any atom is 0.273 e. The Labute approximate surface area is 111 Å². The first-order chi connectivity index (χ1) is 8.45. The van der Waals surface area contributed by atoms with Crippen LogP contribution in [0, 0.1) is 10.1 Å². The Morgan fingerprint density at radius 3 is 2.67 bits per heavy atom. The normalized spacial score (nSPS) is 11.2. The minimum absolute atomic E-state index is 0.0204. The smallest absolute Gasteiger partial charge is 0.273 e. The summed E-state index contributed by atoms with van der Waals surface area (Å²) in [4.78, 5) is 12.5. The Balaban J connectivity index is 3.00. The average molecular weight is 273 g/mol. The van der Waals surface area contributed by atoms with Crippen LogP contribution in [0.15, 0.2) is 18.2 Å². The molecule has 1 aromatic carbocycles. The fourth-order valence-electron chi connectivity index (χ4n) is 1.73. The second-order valence-corrected chi connectivity index (χ2v) is 4.75. The van der Waals surface area contributed by atoms with Crippen LogP contribution in [-0.4, -0.2) is 34.1 Å². The number of aliphatic hydroxyl groups excluding tert-OH is 1. The van der Waals surface area contributed by atoms with Gasteiger partial charge in [-0.2, -0.15) is 0 Å². The summed E-state index contributed by atoms with van der Waals surface area (Å²) >= 11 is 5.87. The molecule has 0 fully saturated rings. The molecular formula is C12H17ClN2O3. The molecule has 18 heavy (non-hydrogen) atoms. The Morgan fingerprint density at radius 1 is 1.50 bits per heavy atom. The monoisotopic (exact) mass is 272 g/mol. The minimum Gasteiger partial charge on any atom is -0.395 e. The molecule has 100 valence electrons. The van der Waals surface area contributed by atoms with Crippen molar-refractivity contribution < 1.29 is 10.0 Å². The van der Waals surface area contributed by atoms with E-state index in [4.69, 9.17) is 16.7 Å². The lowest BCUT2D eigenvalue weighted by molar-refractivity contribution is -0.385. The fraction of sp³-hybridized carbons (Fsp3) is 0.500. The number of hydrogen-bond acceptors (Lipinski definition) is 4. The van der Waals surface area contributed by atoms with Crippen molar-refractivity contribution in [1.82, 2.24) is 4.90 Å². The van der Waals surface area contributed by atoms with Gasteiger partial charge in [0, 0.05) is 35.8 Å². The summed E-state index contributed by atoms with van der Waals surface area (Å²) in [5, 5.41) is 20.4. The van der Waals surface area contributed by atoms with Gasteiger partial charge in [0.25, 0.3) is 5.69 Å². The van der Waals surface area contributed by atoms with Gasteiger partial charge in [0.1, 0.15) is 0 Å². The molecular weight excluding hydrogens is 256 g/mol. The summed E-state index contributed by atoms with van der Waals surface area (Å²) in [7, 11) is 0. The molecule has 1 aromatic rings. The largest absolute Gasteiger partial charge is 0.395 e. The van der Waals surface area contributed by atoms with Gasteiger partial charge in [-0.3, -0.25) is 15.0 Å². The zero-order valence-corrected chi connectivity index (χ0v) is 11.2. The summed E-state index contributed by atoms with van der Waals surface area (Å²) in [6, 6.07) is 4.71. The van der Waals surface area contributed by atoms with Gasteiger partial charge in [-0.05, 0) is 26.0 Å². The lowest BCUT2D eigenvalue weighted by atomic mass is 10.1. The SMILES string of the molecule is CC(C)N(CCO)Cc1cc(Cl)ccc1[N+](=O)[O-]. The van der Waals surface area contributed by atoms with Crippen LogP contribution in [0.25, 0.3) is 0 Å². The van der Waals surface area contributed by atoms with Gasteiger partial charge in [-0.25, -0.2) is 0 Å². The molecule has 0 amide bonds. The van der Waals surface area contributed by atoms with E-state index in [1.165, 1.54) is 12.1 Å². The first-order valence-electron chi connectivity index (χ1n) is 5.73. The van der Waals surface area contributed by atoms with E-state index >= 15 is 0 Å². The second kappa shape index (κ2) is 6.68. The molecule has 5 nitrogen and oxygen atoms in total. The number of halogens is 1. The first kappa shape index (κ1) is 14.9. The van der Waals surface area contributed by atoms with Gasteiger partial charge in [0.05, 0.1) is 11.5 Å². The summed E-state index contributed by atoms with van der Waals surface area (Å²) < 4.78 is 0. The molecule has 0 aromatic heterocycles. The predicted molar refractivity (Wildman–Crippen MR) is 70.7 cm³/mol. The molecule has 6 heteroatoms. The van der Waals surface area contributed by atoms with Crippen molar-refractivity contribution in [1.29, 1.82) is 0 Å². The Kier molecular flexibility index (Phi) is 5.53. The number of hydrogen-bond donors (Lipinski definition) is 1. The van der Waals surface area contributed by atoms with Crippen LogP contribution in [-0.2, 0) is 6.54 Å². The maximum absolute atomic E-state index is 10.9. The van der Waals surface area contributed by atoms with Crippen molar-refractivity contribution in [2.24, 2.45) is 0 Å². The first-order valence-corrected chi connectivity index (χ1v) is 6.11. The van der Waals surface area contributed by atoms with Crippen molar-refractivity contribution >= 4 is 17.3 Å². The van der Waals surface area contributed by atoms with E-state index in [0.29, 0.717) is 23.7 Å². The minimum atomic E-state index is -0.414. The molecule has 0 saturated carbocycles. The molecule has 0 aliphatic heterocycles. The topological polar surface area (TPSA) is 66.6 Å². The number of rotatable bonds is 6. The molecule has 0 spiro atoms. The Bertz CT molecular complexity index is 424. The van der Waals surface area contributed by atoms with Crippen LogP contribution in [0.1, 0.15) is 19.4 Å². The molecule has 0 bridgehead atoms. The van der Waals surface area contributed by atoms with Crippen LogP contribution in [0.5, 0.6) is 0 Å². The summed E-state index contributed by atoms with van der Waals surface area (Å²) in [6.45, 7) is 4.85. The van der Waals surface area contributed by atoms with E-state index in [-0.39, 0.29) is 18.3 Å². The third-order valence-corrected chi connectivity index (χ3v) is 2.96. The molecule has 0 aliphatic rings. The summed E-state index contributed by atoms with van der Waals surface area (Å²) in [6.07, 6.45) is 0. The van der Waals surface area contributed by atoms with Gasteiger partial charge in [0.2, 0.25) is 0 Å². The third kappa shape index (κ3) is 3.94. The second-order valence-electron chi connectivity index (χ2n) is 4.32. The third-order valence-electron chi connectivity index (χ3n) is 2.73. The number of aliphatic hydroxyl groups is 1. The van der Waals surface area contributed by atoms with Crippen LogP contribution in [0.2, 0.25) is 5.02 Å². The van der Waals surface area contributed by atoms with Crippen molar-refractivity contribution in [3.05, 3.63) is 38.9 Å². The lowest BCUT2D eigenvalue weighted by Gasteiger charge is -2.25. The van der Waals surface area contributed by atoms with E-state index in [9.17, 15) is 10.1 Å². The zero-order chi connectivity index (χ0) is 13.7. The van der Waals surface area contributed by atoms with Gasteiger partial charge >= 0.3 is 0 Å². The molecule has 0 atom stereocenters. The van der Waals surface area contributed by atoms with Crippen molar-refractivity contribution in [2.75, 3.05) is 13.2 Å². The Morgan fingerprint density at radius 2 is 2.17 bits per heavy atom. The van der Waals surface area contributed by atoms with Gasteiger partial charge in [0.15, 0.2) is 0 Å². The summed E-state index contributed by atoms with van der Waals surface area (Å²) in [5.41, 5.74) is 0.623. The highest BCUT2D eigenvalue weighted by atomic mass is 35.5. The molecule has 1 N–H and O–H groups in total. The standard InChI is InChI=1S/C12H17ClN2O3/c1-9(2)14(5-6-16)8-10-7-11(13)3-4-12(10)15(17)18/h3-4,7,9,16H,5-6,8H2,1-2H3. The van der Waals surface area contributed by atoms with Gasteiger partial charge < -0.3 is 5.11 Å². The van der Waals surface area contributed by atoms with E-state index in [1.807, 2.05) is 18.7 Å². The predicted octanol–water partition coefficient (Wildman–Crippen LogP) is 2.45. The van der Waals surface area contributed by atoms with Crippen LogP contribution in [0.3, 0.4) is 0 Å². The van der Waals surface area contributed by atoms with E-state index < -0.39 is 4.92 Å². The van der Waals surface area contributed by atoms with Crippen LogP contribution < -0.4 is 0 Å². The molecule has 1 rings (SSSR count). The van der Waals surface area contributed by atoms with Crippen molar-refractivity contribution in [3.8, 4) is 0 Å². The highest BCUT2D eigenvalue weighted by Crippen LogP contribution is 2.24. The number of benzene rings is 1. The quantitative estimate of drug-likeness (QED) is 0.638. The zero-order valence-electron chi connectivity index (χ0n) is 10.5. The van der Waals surface area contributed by atoms with Gasteiger partial charge in [-0.15, -0.1) is 0 Å².